The van der Waals surface area contributed by atoms with Crippen molar-refractivity contribution in [1.29, 1.82) is 0 Å². The highest BCUT2D eigenvalue weighted by Crippen LogP contribution is 2.66. The number of fused-ring (bicyclic) bond motifs is 1. The molecule has 3 unspecified atom stereocenters. The van der Waals surface area contributed by atoms with Gasteiger partial charge in [-0.1, -0.05) is 47.5 Å². The minimum absolute atomic E-state index is 0.0710. The summed E-state index contributed by atoms with van der Waals surface area (Å²) in [6.07, 6.45) is 4.74. The summed E-state index contributed by atoms with van der Waals surface area (Å²) in [6, 6.07) is 0. The zero-order valence-electron chi connectivity index (χ0n) is 10.9. The molecule has 3 atom stereocenters. The van der Waals surface area contributed by atoms with Crippen LogP contribution < -0.4 is 0 Å². The first kappa shape index (κ1) is 11.4. The van der Waals surface area contributed by atoms with E-state index >= 15 is 0 Å². The van der Waals surface area contributed by atoms with Gasteiger partial charge in [0.2, 0.25) is 0 Å². The maximum atomic E-state index is 11.0. The molecule has 0 bridgehead atoms. The van der Waals surface area contributed by atoms with E-state index in [4.69, 9.17) is 0 Å². The van der Waals surface area contributed by atoms with Crippen molar-refractivity contribution < 1.29 is 5.11 Å². The van der Waals surface area contributed by atoms with Gasteiger partial charge in [0.05, 0.1) is 5.60 Å². The summed E-state index contributed by atoms with van der Waals surface area (Å²) >= 11 is 0. The lowest BCUT2D eigenvalue weighted by Crippen LogP contribution is -2.48. The lowest BCUT2D eigenvalue weighted by atomic mass is 9.65. The molecule has 1 nitrogen and oxygen atoms in total. The van der Waals surface area contributed by atoms with E-state index in [2.05, 4.69) is 34.6 Å². The molecule has 2 aliphatic rings. The Kier molecular flexibility index (Phi) is 2.29. The molecule has 0 aliphatic heterocycles. The largest absolute Gasteiger partial charge is 0.389 e. The SMILES string of the molecule is CC1C(C)(C)C2CCCCC2(O)C1(C)C. The summed E-state index contributed by atoms with van der Waals surface area (Å²) in [5.41, 5.74) is -0.0472. The standard InChI is InChI=1S/C14H26O/c1-10-12(2,3)11-8-6-7-9-14(11,15)13(10,4)5/h10-11,15H,6-9H2,1-5H3. The minimum Gasteiger partial charge on any atom is -0.389 e. The Balaban J connectivity index is 2.47. The third-order valence-electron chi connectivity index (χ3n) is 6.09. The van der Waals surface area contributed by atoms with Crippen molar-refractivity contribution in [2.45, 2.75) is 65.9 Å². The average molecular weight is 210 g/mol. The van der Waals surface area contributed by atoms with Gasteiger partial charge in [-0.3, -0.25) is 0 Å². The Bertz CT molecular complexity index is 267. The molecular weight excluding hydrogens is 184 g/mol. The van der Waals surface area contributed by atoms with Gasteiger partial charge in [-0.05, 0) is 35.5 Å². The topological polar surface area (TPSA) is 20.2 Å². The number of rotatable bonds is 0. The molecule has 0 spiro atoms. The van der Waals surface area contributed by atoms with Crippen LogP contribution in [0, 0.1) is 22.7 Å². The van der Waals surface area contributed by atoms with E-state index in [1.807, 2.05) is 0 Å². The molecule has 0 aromatic heterocycles. The second-order valence-corrected chi connectivity index (χ2v) is 6.99. The van der Waals surface area contributed by atoms with Crippen molar-refractivity contribution in [1.82, 2.24) is 0 Å². The highest BCUT2D eigenvalue weighted by molar-refractivity contribution is 5.15. The van der Waals surface area contributed by atoms with Gasteiger partial charge in [0.25, 0.3) is 0 Å². The molecule has 0 heterocycles. The fourth-order valence-electron chi connectivity index (χ4n) is 4.52. The summed E-state index contributed by atoms with van der Waals surface area (Å²) in [7, 11) is 0. The molecule has 0 saturated heterocycles. The van der Waals surface area contributed by atoms with Crippen LogP contribution >= 0.6 is 0 Å². The van der Waals surface area contributed by atoms with Gasteiger partial charge in [0.15, 0.2) is 0 Å². The highest BCUT2D eigenvalue weighted by Gasteiger charge is 2.65. The molecule has 1 heteroatoms. The van der Waals surface area contributed by atoms with Crippen molar-refractivity contribution in [2.75, 3.05) is 0 Å². The van der Waals surface area contributed by atoms with Crippen molar-refractivity contribution in [3.8, 4) is 0 Å². The molecule has 2 rings (SSSR count). The van der Waals surface area contributed by atoms with Gasteiger partial charge < -0.3 is 5.11 Å². The van der Waals surface area contributed by atoms with Gasteiger partial charge >= 0.3 is 0 Å². The fourth-order valence-corrected chi connectivity index (χ4v) is 4.52. The van der Waals surface area contributed by atoms with Crippen LogP contribution in [0.4, 0.5) is 0 Å². The predicted octanol–water partition coefficient (Wildman–Crippen LogP) is 3.61. The van der Waals surface area contributed by atoms with Crippen LogP contribution in [-0.2, 0) is 0 Å². The maximum Gasteiger partial charge on any atom is 0.0734 e. The lowest BCUT2D eigenvalue weighted by Gasteiger charge is -2.45. The summed E-state index contributed by atoms with van der Waals surface area (Å²) in [6.45, 7) is 11.6. The van der Waals surface area contributed by atoms with Crippen LogP contribution in [0.2, 0.25) is 0 Å². The van der Waals surface area contributed by atoms with Crippen molar-refractivity contribution >= 4 is 0 Å². The molecule has 88 valence electrons. The summed E-state index contributed by atoms with van der Waals surface area (Å²) in [5.74, 6) is 1.10. The molecule has 0 aromatic carbocycles. The van der Waals surface area contributed by atoms with E-state index in [1.54, 1.807) is 0 Å². The first-order valence-electron chi connectivity index (χ1n) is 6.47. The Morgan fingerprint density at radius 2 is 1.67 bits per heavy atom. The van der Waals surface area contributed by atoms with Crippen molar-refractivity contribution in [3.63, 3.8) is 0 Å². The molecule has 2 saturated carbocycles. The molecule has 0 aromatic rings. The lowest BCUT2D eigenvalue weighted by molar-refractivity contribution is -0.110. The van der Waals surface area contributed by atoms with Crippen LogP contribution in [0.1, 0.15) is 60.3 Å². The number of aliphatic hydroxyl groups is 1. The first-order chi connectivity index (χ1) is 6.74. The second kappa shape index (κ2) is 3.00. The van der Waals surface area contributed by atoms with Gasteiger partial charge in [-0.25, -0.2) is 0 Å². The van der Waals surface area contributed by atoms with E-state index in [0.29, 0.717) is 17.3 Å². The van der Waals surface area contributed by atoms with Crippen LogP contribution in [0.25, 0.3) is 0 Å². The van der Waals surface area contributed by atoms with Crippen LogP contribution in [-0.4, -0.2) is 10.7 Å². The quantitative estimate of drug-likeness (QED) is 0.647. The minimum atomic E-state index is -0.409. The fraction of sp³-hybridized carbons (Fsp3) is 1.00. The third kappa shape index (κ3) is 1.19. The molecule has 15 heavy (non-hydrogen) atoms. The van der Waals surface area contributed by atoms with Crippen LogP contribution in [0.15, 0.2) is 0 Å². The monoisotopic (exact) mass is 210 g/mol. The molecule has 0 radical (unpaired) electrons. The van der Waals surface area contributed by atoms with Crippen molar-refractivity contribution in [2.24, 2.45) is 22.7 Å². The summed E-state index contributed by atoms with van der Waals surface area (Å²) < 4.78 is 0. The molecule has 2 aliphatic carbocycles. The van der Waals surface area contributed by atoms with E-state index in [1.165, 1.54) is 19.3 Å². The zero-order chi connectivity index (χ0) is 11.5. The van der Waals surface area contributed by atoms with Gasteiger partial charge in [0.1, 0.15) is 0 Å². The van der Waals surface area contributed by atoms with Gasteiger partial charge in [0, 0.05) is 0 Å². The van der Waals surface area contributed by atoms with E-state index < -0.39 is 5.60 Å². The summed E-state index contributed by atoms with van der Waals surface area (Å²) in [4.78, 5) is 0. The highest BCUT2D eigenvalue weighted by atomic mass is 16.3. The smallest absolute Gasteiger partial charge is 0.0734 e. The van der Waals surface area contributed by atoms with Gasteiger partial charge in [-0.2, -0.15) is 0 Å². The van der Waals surface area contributed by atoms with Crippen LogP contribution in [0.3, 0.4) is 0 Å². The normalized spacial score (nSPS) is 47.6. The van der Waals surface area contributed by atoms with Crippen LogP contribution in [0.5, 0.6) is 0 Å². The maximum absolute atomic E-state index is 11.0. The molecular formula is C14H26O. The Labute approximate surface area is 94.3 Å². The number of hydrogen-bond donors (Lipinski definition) is 1. The van der Waals surface area contributed by atoms with Gasteiger partial charge in [-0.15, -0.1) is 0 Å². The zero-order valence-corrected chi connectivity index (χ0v) is 10.9. The predicted molar refractivity (Wildman–Crippen MR) is 63.6 cm³/mol. The Morgan fingerprint density at radius 3 is 2.20 bits per heavy atom. The van der Waals surface area contributed by atoms with E-state index in [9.17, 15) is 5.11 Å². The van der Waals surface area contributed by atoms with Crippen molar-refractivity contribution in [3.05, 3.63) is 0 Å². The number of hydrogen-bond acceptors (Lipinski definition) is 1. The average Bonchev–Trinajstić information content (AvgIpc) is 2.25. The Morgan fingerprint density at radius 1 is 1.07 bits per heavy atom. The first-order valence-corrected chi connectivity index (χ1v) is 6.47. The second-order valence-electron chi connectivity index (χ2n) is 6.99. The molecule has 2 fully saturated rings. The molecule has 1 N–H and O–H groups in total. The summed E-state index contributed by atoms with van der Waals surface area (Å²) in [5, 5.41) is 11.0. The van der Waals surface area contributed by atoms with E-state index in [-0.39, 0.29) is 5.41 Å². The van der Waals surface area contributed by atoms with E-state index in [0.717, 1.165) is 6.42 Å². The molecule has 0 amide bonds. The third-order valence-corrected chi connectivity index (χ3v) is 6.09. The Hall–Kier alpha value is -0.0400.